The highest BCUT2D eigenvalue weighted by Crippen LogP contribution is 2.24. The normalized spacial score (nSPS) is 11.7. The summed E-state index contributed by atoms with van der Waals surface area (Å²) >= 11 is 0. The molecule has 0 atom stereocenters. The van der Waals surface area contributed by atoms with Gasteiger partial charge in [-0.1, -0.05) is 0 Å². The first kappa shape index (κ1) is 23.3. The van der Waals surface area contributed by atoms with Crippen molar-refractivity contribution in [3.8, 4) is 0 Å². The van der Waals surface area contributed by atoms with Gasteiger partial charge in [-0.15, -0.1) is 0 Å². The number of nitrogens with one attached hydrogen (secondary N) is 3. The SMILES string of the molecule is C=N/C(=C\C=C(/C)Nc1ccnc2ccc(F)cc12)C(=O)Nc1ccc(Nc2ccncc2)cc1. The summed E-state index contributed by atoms with van der Waals surface area (Å²) in [5.41, 5.74) is 4.66. The molecule has 7 nitrogen and oxygen atoms in total. The monoisotopic (exact) mass is 466 g/mol. The molecule has 2 aromatic carbocycles. The van der Waals surface area contributed by atoms with Crippen molar-refractivity contribution in [2.45, 2.75) is 6.92 Å². The maximum Gasteiger partial charge on any atom is 0.274 e. The third kappa shape index (κ3) is 6.14. The third-order valence-corrected chi connectivity index (χ3v) is 5.04. The molecule has 174 valence electrons. The number of allylic oxidation sites excluding steroid dienone is 3. The van der Waals surface area contributed by atoms with Crippen molar-refractivity contribution in [2.75, 3.05) is 16.0 Å². The average Bonchev–Trinajstić information content (AvgIpc) is 2.86. The van der Waals surface area contributed by atoms with Gasteiger partial charge in [-0.25, -0.2) is 4.39 Å². The second-order valence-corrected chi connectivity index (χ2v) is 7.60. The lowest BCUT2D eigenvalue weighted by Gasteiger charge is -2.10. The van der Waals surface area contributed by atoms with Crippen LogP contribution in [0.25, 0.3) is 10.9 Å². The predicted octanol–water partition coefficient (Wildman–Crippen LogP) is 6.05. The second-order valence-electron chi connectivity index (χ2n) is 7.60. The molecule has 4 rings (SSSR count). The van der Waals surface area contributed by atoms with Crippen molar-refractivity contribution in [3.05, 3.63) is 109 Å². The smallest absolute Gasteiger partial charge is 0.274 e. The van der Waals surface area contributed by atoms with Crippen molar-refractivity contribution in [3.63, 3.8) is 0 Å². The summed E-state index contributed by atoms with van der Waals surface area (Å²) in [6.07, 6.45) is 8.33. The van der Waals surface area contributed by atoms with Gasteiger partial charge in [-0.3, -0.25) is 19.8 Å². The molecule has 0 saturated carbocycles. The summed E-state index contributed by atoms with van der Waals surface area (Å²) in [6, 6.07) is 17.2. The van der Waals surface area contributed by atoms with Crippen LogP contribution in [-0.4, -0.2) is 22.6 Å². The number of hydrogen-bond acceptors (Lipinski definition) is 6. The Labute approximate surface area is 202 Å². The fraction of sp³-hybridized carbons (Fsp3) is 0.0370. The highest BCUT2D eigenvalue weighted by atomic mass is 19.1. The molecule has 0 aliphatic carbocycles. The quantitative estimate of drug-likeness (QED) is 0.167. The summed E-state index contributed by atoms with van der Waals surface area (Å²) in [4.78, 5) is 24.7. The Hall–Kier alpha value is -4.85. The van der Waals surface area contributed by atoms with Gasteiger partial charge in [0.2, 0.25) is 0 Å². The molecule has 4 aromatic rings. The van der Waals surface area contributed by atoms with E-state index in [0.717, 1.165) is 17.1 Å². The van der Waals surface area contributed by atoms with Gasteiger partial charge in [0.15, 0.2) is 0 Å². The van der Waals surface area contributed by atoms with Crippen LogP contribution in [0.3, 0.4) is 0 Å². The van der Waals surface area contributed by atoms with E-state index in [1.54, 1.807) is 55.0 Å². The van der Waals surface area contributed by atoms with Crippen LogP contribution < -0.4 is 16.0 Å². The molecule has 0 bridgehead atoms. The lowest BCUT2D eigenvalue weighted by atomic mass is 10.2. The number of fused-ring (bicyclic) bond motifs is 1. The van der Waals surface area contributed by atoms with Gasteiger partial charge in [0, 0.05) is 52.4 Å². The van der Waals surface area contributed by atoms with E-state index in [-0.39, 0.29) is 11.5 Å². The summed E-state index contributed by atoms with van der Waals surface area (Å²) in [7, 11) is 0. The highest BCUT2D eigenvalue weighted by molar-refractivity contribution is 6.04. The minimum Gasteiger partial charge on any atom is -0.359 e. The fourth-order valence-electron chi connectivity index (χ4n) is 3.32. The number of rotatable bonds is 8. The maximum absolute atomic E-state index is 13.7. The van der Waals surface area contributed by atoms with Crippen molar-refractivity contribution < 1.29 is 9.18 Å². The Morgan fingerprint density at radius 1 is 0.914 bits per heavy atom. The molecule has 0 spiro atoms. The zero-order chi connectivity index (χ0) is 24.6. The van der Waals surface area contributed by atoms with E-state index in [1.165, 1.54) is 12.1 Å². The lowest BCUT2D eigenvalue weighted by molar-refractivity contribution is -0.112. The number of benzene rings is 2. The van der Waals surface area contributed by atoms with E-state index in [0.29, 0.717) is 22.3 Å². The number of hydrogen-bond donors (Lipinski definition) is 3. The summed E-state index contributed by atoms with van der Waals surface area (Å²) in [6.45, 7) is 5.33. The molecule has 3 N–H and O–H groups in total. The predicted molar refractivity (Wildman–Crippen MR) is 139 cm³/mol. The minimum atomic E-state index is -0.393. The summed E-state index contributed by atoms with van der Waals surface area (Å²) in [5, 5.41) is 9.93. The fourth-order valence-corrected chi connectivity index (χ4v) is 3.32. The largest absolute Gasteiger partial charge is 0.359 e. The van der Waals surface area contributed by atoms with Crippen LogP contribution in [-0.2, 0) is 4.79 Å². The van der Waals surface area contributed by atoms with Crippen LogP contribution in [0.2, 0.25) is 0 Å². The molecular formula is C27H23FN6O. The van der Waals surface area contributed by atoms with Gasteiger partial charge >= 0.3 is 0 Å². The van der Waals surface area contributed by atoms with Gasteiger partial charge in [0.05, 0.1) is 5.52 Å². The average molecular weight is 467 g/mol. The lowest BCUT2D eigenvalue weighted by Crippen LogP contribution is -2.13. The molecule has 0 aliphatic heterocycles. The van der Waals surface area contributed by atoms with Crippen LogP contribution in [0.4, 0.5) is 27.1 Å². The second kappa shape index (κ2) is 10.8. The van der Waals surface area contributed by atoms with Gasteiger partial charge in [-0.05, 0) is 86.5 Å². The van der Waals surface area contributed by atoms with Gasteiger partial charge < -0.3 is 16.0 Å². The number of anilines is 4. The number of amides is 1. The molecular weight excluding hydrogens is 443 g/mol. The van der Waals surface area contributed by atoms with E-state index in [9.17, 15) is 9.18 Å². The molecule has 1 amide bonds. The number of nitrogens with zero attached hydrogens (tertiary/aromatic N) is 3. The molecule has 0 fully saturated rings. The van der Waals surface area contributed by atoms with E-state index in [2.05, 4.69) is 37.6 Å². The maximum atomic E-state index is 13.7. The molecule has 0 aliphatic rings. The number of carbonyl (C=O) groups is 1. The molecule has 2 aromatic heterocycles. The highest BCUT2D eigenvalue weighted by Gasteiger charge is 2.08. The van der Waals surface area contributed by atoms with E-state index in [1.807, 2.05) is 31.2 Å². The first-order valence-electron chi connectivity index (χ1n) is 10.8. The Morgan fingerprint density at radius 2 is 1.63 bits per heavy atom. The Kier molecular flexibility index (Phi) is 7.22. The van der Waals surface area contributed by atoms with Crippen LogP contribution in [0.1, 0.15) is 6.92 Å². The number of aromatic nitrogens is 2. The number of halogens is 1. The van der Waals surface area contributed by atoms with Crippen molar-refractivity contribution in [2.24, 2.45) is 4.99 Å². The molecule has 2 heterocycles. The van der Waals surface area contributed by atoms with Crippen LogP contribution in [0, 0.1) is 5.82 Å². The van der Waals surface area contributed by atoms with E-state index < -0.39 is 5.91 Å². The minimum absolute atomic E-state index is 0.149. The zero-order valence-corrected chi connectivity index (χ0v) is 19.0. The van der Waals surface area contributed by atoms with E-state index >= 15 is 0 Å². The van der Waals surface area contributed by atoms with Crippen LogP contribution in [0.15, 0.2) is 108 Å². The van der Waals surface area contributed by atoms with Crippen LogP contribution >= 0.6 is 0 Å². The Morgan fingerprint density at radius 3 is 2.37 bits per heavy atom. The Bertz CT molecular complexity index is 1420. The third-order valence-electron chi connectivity index (χ3n) is 5.04. The molecule has 8 heteroatoms. The molecule has 0 saturated heterocycles. The number of aliphatic imine (C=N–C) groups is 1. The van der Waals surface area contributed by atoms with Crippen molar-refractivity contribution >= 4 is 46.3 Å². The first-order chi connectivity index (χ1) is 17.0. The molecule has 0 radical (unpaired) electrons. The Balaban J connectivity index is 1.42. The number of pyridine rings is 2. The van der Waals surface area contributed by atoms with Gasteiger partial charge in [0.25, 0.3) is 5.91 Å². The summed E-state index contributed by atoms with van der Waals surface area (Å²) in [5.74, 6) is -0.735. The van der Waals surface area contributed by atoms with E-state index in [4.69, 9.17) is 0 Å². The van der Waals surface area contributed by atoms with Gasteiger partial charge in [0.1, 0.15) is 11.5 Å². The van der Waals surface area contributed by atoms with Crippen molar-refractivity contribution in [1.82, 2.24) is 9.97 Å². The zero-order valence-electron chi connectivity index (χ0n) is 19.0. The summed E-state index contributed by atoms with van der Waals surface area (Å²) < 4.78 is 13.7. The van der Waals surface area contributed by atoms with Gasteiger partial charge in [-0.2, -0.15) is 0 Å². The standard InChI is InChI=1S/C27H23FN6O/c1-18(32-25-13-16-31-24-10-4-19(28)17-23(24)25)3-9-26(29-2)27(35)34-21-7-5-20(6-8-21)33-22-11-14-30-15-12-22/h3-17H,2H2,1H3,(H,30,33)(H,31,32)(H,34,35)/b18-3+,26-9-. The molecule has 0 unspecified atom stereocenters. The van der Waals surface area contributed by atoms with Crippen molar-refractivity contribution in [1.29, 1.82) is 0 Å². The number of carbonyl (C=O) groups excluding carboxylic acids is 1. The van der Waals surface area contributed by atoms with Crippen LogP contribution in [0.5, 0.6) is 0 Å². The molecule has 35 heavy (non-hydrogen) atoms. The topological polar surface area (TPSA) is 91.3 Å². The first-order valence-corrected chi connectivity index (χ1v) is 10.8.